The SMILES string of the molecule is N#CCCN(CC(C(=O)NN)c1ccccc1)C1CC1. The first-order chi connectivity index (χ1) is 9.76. The van der Waals surface area contributed by atoms with Crippen molar-refractivity contribution in [3.63, 3.8) is 0 Å². The number of amides is 1. The van der Waals surface area contributed by atoms with Gasteiger partial charge in [-0.25, -0.2) is 5.84 Å². The second-order valence-corrected chi connectivity index (χ2v) is 5.11. The summed E-state index contributed by atoms with van der Waals surface area (Å²) in [5.41, 5.74) is 3.21. The van der Waals surface area contributed by atoms with E-state index in [2.05, 4.69) is 16.4 Å². The van der Waals surface area contributed by atoms with Gasteiger partial charge in [0.05, 0.1) is 12.0 Å². The van der Waals surface area contributed by atoms with E-state index in [-0.39, 0.29) is 11.8 Å². The van der Waals surface area contributed by atoms with Crippen LogP contribution in [-0.2, 0) is 4.79 Å². The summed E-state index contributed by atoms with van der Waals surface area (Å²) >= 11 is 0. The van der Waals surface area contributed by atoms with Crippen molar-refractivity contribution in [2.75, 3.05) is 13.1 Å². The maximum atomic E-state index is 12.0. The van der Waals surface area contributed by atoms with Gasteiger partial charge in [0, 0.05) is 25.6 Å². The first kappa shape index (κ1) is 14.5. The second kappa shape index (κ2) is 7.04. The number of benzene rings is 1. The highest BCUT2D eigenvalue weighted by Gasteiger charge is 2.32. The molecule has 0 radical (unpaired) electrons. The molecule has 1 aromatic carbocycles. The summed E-state index contributed by atoms with van der Waals surface area (Å²) in [5, 5.41) is 8.75. The average Bonchev–Trinajstić information content (AvgIpc) is 3.32. The molecule has 0 heterocycles. The van der Waals surface area contributed by atoms with Crippen LogP contribution in [0.15, 0.2) is 30.3 Å². The van der Waals surface area contributed by atoms with Crippen LogP contribution in [0.25, 0.3) is 0 Å². The van der Waals surface area contributed by atoms with E-state index in [4.69, 9.17) is 11.1 Å². The topological polar surface area (TPSA) is 82.2 Å². The van der Waals surface area contributed by atoms with Crippen molar-refractivity contribution < 1.29 is 4.79 Å². The van der Waals surface area contributed by atoms with Crippen molar-refractivity contribution in [1.82, 2.24) is 10.3 Å². The molecule has 0 aliphatic heterocycles. The lowest BCUT2D eigenvalue weighted by Gasteiger charge is -2.26. The predicted octanol–water partition coefficient (Wildman–Crippen LogP) is 1.14. The maximum Gasteiger partial charge on any atom is 0.242 e. The third-order valence-electron chi connectivity index (χ3n) is 3.65. The summed E-state index contributed by atoms with van der Waals surface area (Å²) in [6.45, 7) is 1.32. The average molecular weight is 272 g/mol. The van der Waals surface area contributed by atoms with Crippen LogP contribution in [0.1, 0.15) is 30.7 Å². The van der Waals surface area contributed by atoms with Gasteiger partial charge in [-0.05, 0) is 18.4 Å². The Labute approximate surface area is 119 Å². The van der Waals surface area contributed by atoms with Crippen LogP contribution in [0.5, 0.6) is 0 Å². The van der Waals surface area contributed by atoms with Gasteiger partial charge in [0.15, 0.2) is 0 Å². The molecule has 5 nitrogen and oxygen atoms in total. The van der Waals surface area contributed by atoms with E-state index in [9.17, 15) is 4.79 Å². The molecule has 1 fully saturated rings. The molecular weight excluding hydrogens is 252 g/mol. The zero-order valence-corrected chi connectivity index (χ0v) is 11.5. The third kappa shape index (κ3) is 3.80. The largest absolute Gasteiger partial charge is 0.298 e. The van der Waals surface area contributed by atoms with Crippen LogP contribution in [0.4, 0.5) is 0 Å². The van der Waals surface area contributed by atoms with Crippen LogP contribution in [0.3, 0.4) is 0 Å². The van der Waals surface area contributed by atoms with Crippen molar-refractivity contribution in [2.24, 2.45) is 5.84 Å². The van der Waals surface area contributed by atoms with Crippen LogP contribution in [0, 0.1) is 11.3 Å². The Morgan fingerprint density at radius 1 is 1.45 bits per heavy atom. The van der Waals surface area contributed by atoms with Gasteiger partial charge in [0.25, 0.3) is 0 Å². The van der Waals surface area contributed by atoms with E-state index in [1.165, 1.54) is 0 Å². The Balaban J connectivity index is 2.10. The molecular formula is C15H20N4O. The fourth-order valence-corrected chi connectivity index (χ4v) is 2.42. The van der Waals surface area contributed by atoms with E-state index in [1.807, 2.05) is 30.3 Å². The molecule has 5 heteroatoms. The molecule has 1 amide bonds. The number of carbonyl (C=O) groups excluding carboxylic acids is 1. The minimum atomic E-state index is -0.291. The quantitative estimate of drug-likeness (QED) is 0.443. The zero-order chi connectivity index (χ0) is 14.4. The minimum absolute atomic E-state index is 0.182. The molecule has 0 spiro atoms. The lowest BCUT2D eigenvalue weighted by Crippen LogP contribution is -2.41. The number of hydrazine groups is 1. The van der Waals surface area contributed by atoms with Crippen LogP contribution in [0.2, 0.25) is 0 Å². The zero-order valence-electron chi connectivity index (χ0n) is 11.5. The lowest BCUT2D eigenvalue weighted by atomic mass is 9.97. The van der Waals surface area contributed by atoms with Crippen LogP contribution < -0.4 is 11.3 Å². The molecule has 1 aliphatic rings. The van der Waals surface area contributed by atoms with Gasteiger partial charge in [-0.3, -0.25) is 15.1 Å². The molecule has 0 aromatic heterocycles. The Kier molecular flexibility index (Phi) is 5.10. The Morgan fingerprint density at radius 2 is 2.15 bits per heavy atom. The van der Waals surface area contributed by atoms with Crippen molar-refractivity contribution in [3.05, 3.63) is 35.9 Å². The fourth-order valence-electron chi connectivity index (χ4n) is 2.42. The highest BCUT2D eigenvalue weighted by molar-refractivity contribution is 5.83. The standard InChI is InChI=1S/C15H20N4O/c16-9-4-10-19(13-7-8-13)11-14(15(20)18-17)12-5-2-1-3-6-12/h1-3,5-6,13-14H,4,7-8,10-11,17H2,(H,18,20). The number of rotatable bonds is 7. The molecule has 3 N–H and O–H groups in total. The summed E-state index contributed by atoms with van der Waals surface area (Å²) in [4.78, 5) is 14.3. The normalized spacial score (nSPS) is 15.7. The van der Waals surface area contributed by atoms with Crippen molar-refractivity contribution in [3.8, 4) is 6.07 Å². The van der Waals surface area contributed by atoms with E-state index < -0.39 is 0 Å². The van der Waals surface area contributed by atoms with Gasteiger partial charge >= 0.3 is 0 Å². The molecule has 2 rings (SSSR count). The van der Waals surface area contributed by atoms with Crippen LogP contribution >= 0.6 is 0 Å². The molecule has 1 saturated carbocycles. The number of carbonyl (C=O) groups is 1. The monoisotopic (exact) mass is 272 g/mol. The fraction of sp³-hybridized carbons (Fsp3) is 0.467. The number of nitrogens with zero attached hydrogens (tertiary/aromatic N) is 2. The number of hydrogen-bond acceptors (Lipinski definition) is 4. The van der Waals surface area contributed by atoms with Gasteiger partial charge in [0.2, 0.25) is 5.91 Å². The van der Waals surface area contributed by atoms with Gasteiger partial charge in [0.1, 0.15) is 0 Å². The Bertz CT molecular complexity index is 478. The van der Waals surface area contributed by atoms with E-state index >= 15 is 0 Å². The Morgan fingerprint density at radius 3 is 2.70 bits per heavy atom. The molecule has 106 valence electrons. The number of hydrogen-bond donors (Lipinski definition) is 2. The van der Waals surface area contributed by atoms with Crippen molar-refractivity contribution in [1.29, 1.82) is 5.26 Å². The highest BCUT2D eigenvalue weighted by Crippen LogP contribution is 2.29. The van der Waals surface area contributed by atoms with Gasteiger partial charge in [-0.15, -0.1) is 0 Å². The predicted molar refractivity (Wildman–Crippen MR) is 76.3 cm³/mol. The number of nitrogens with two attached hydrogens (primary N) is 1. The van der Waals surface area contributed by atoms with Gasteiger partial charge in [-0.1, -0.05) is 30.3 Å². The summed E-state index contributed by atoms with van der Waals surface area (Å²) in [5.74, 6) is 4.83. The van der Waals surface area contributed by atoms with E-state index in [1.54, 1.807) is 0 Å². The summed E-state index contributed by atoms with van der Waals surface area (Å²) in [6, 6.07) is 12.3. The van der Waals surface area contributed by atoms with Crippen molar-refractivity contribution in [2.45, 2.75) is 31.2 Å². The molecule has 1 atom stereocenters. The number of nitrogens with one attached hydrogen (secondary N) is 1. The molecule has 20 heavy (non-hydrogen) atoms. The van der Waals surface area contributed by atoms with Gasteiger partial charge < -0.3 is 0 Å². The van der Waals surface area contributed by atoms with Gasteiger partial charge in [-0.2, -0.15) is 5.26 Å². The highest BCUT2D eigenvalue weighted by atomic mass is 16.2. The minimum Gasteiger partial charge on any atom is -0.298 e. The summed E-state index contributed by atoms with van der Waals surface area (Å²) in [7, 11) is 0. The molecule has 0 bridgehead atoms. The number of nitriles is 1. The van der Waals surface area contributed by atoms with Crippen LogP contribution in [-0.4, -0.2) is 29.9 Å². The maximum absolute atomic E-state index is 12.0. The first-order valence-electron chi connectivity index (χ1n) is 6.92. The third-order valence-corrected chi connectivity index (χ3v) is 3.65. The smallest absolute Gasteiger partial charge is 0.242 e. The molecule has 1 aromatic rings. The molecule has 1 unspecified atom stereocenters. The lowest BCUT2D eigenvalue weighted by molar-refractivity contribution is -0.123. The van der Waals surface area contributed by atoms with E-state index in [0.29, 0.717) is 25.6 Å². The van der Waals surface area contributed by atoms with E-state index in [0.717, 1.165) is 18.4 Å². The Hall–Kier alpha value is -1.90. The first-order valence-corrected chi connectivity index (χ1v) is 6.92. The summed E-state index contributed by atoms with van der Waals surface area (Å²) < 4.78 is 0. The molecule has 0 saturated heterocycles. The second-order valence-electron chi connectivity index (χ2n) is 5.11. The summed E-state index contributed by atoms with van der Waals surface area (Å²) in [6.07, 6.45) is 2.79. The molecule has 1 aliphatic carbocycles. The van der Waals surface area contributed by atoms with Crippen molar-refractivity contribution >= 4 is 5.91 Å².